The van der Waals surface area contributed by atoms with E-state index in [-0.39, 0.29) is 25.2 Å². The predicted molar refractivity (Wildman–Crippen MR) is 251 cm³/mol. The molecule has 0 N–H and O–H groups in total. The number of allylic oxidation sites excluding steroid dienone is 14. The fourth-order valence-corrected chi connectivity index (χ4v) is 6.34. The van der Waals surface area contributed by atoms with E-state index in [0.29, 0.717) is 19.4 Å². The molecule has 0 aliphatic rings. The van der Waals surface area contributed by atoms with Crippen LogP contribution in [0.2, 0.25) is 0 Å². The molecule has 5 nitrogen and oxygen atoms in total. The monoisotopic (exact) mass is 807 g/mol. The highest BCUT2D eigenvalue weighted by atomic mass is 16.6. The first-order valence-electron chi connectivity index (χ1n) is 24.1. The zero-order valence-corrected chi connectivity index (χ0v) is 38.0. The van der Waals surface area contributed by atoms with Crippen molar-refractivity contribution in [2.45, 2.75) is 219 Å². The Labute approximate surface area is 359 Å². The van der Waals surface area contributed by atoms with Crippen molar-refractivity contribution in [2.24, 2.45) is 0 Å². The van der Waals surface area contributed by atoms with Crippen molar-refractivity contribution >= 4 is 11.9 Å². The molecule has 0 saturated heterocycles. The molecule has 5 heteroatoms. The van der Waals surface area contributed by atoms with Crippen LogP contribution in [0.4, 0.5) is 0 Å². The lowest BCUT2D eigenvalue weighted by molar-refractivity contribution is -0.163. The smallest absolute Gasteiger partial charge is 0.306 e. The summed E-state index contributed by atoms with van der Waals surface area (Å²) >= 11 is 0. The van der Waals surface area contributed by atoms with Crippen molar-refractivity contribution < 1.29 is 23.8 Å². The lowest BCUT2D eigenvalue weighted by Crippen LogP contribution is -2.30. The van der Waals surface area contributed by atoms with Crippen LogP contribution >= 0.6 is 0 Å². The summed E-state index contributed by atoms with van der Waals surface area (Å²) in [7, 11) is 0. The van der Waals surface area contributed by atoms with Crippen molar-refractivity contribution in [1.29, 1.82) is 0 Å². The van der Waals surface area contributed by atoms with Gasteiger partial charge >= 0.3 is 11.9 Å². The van der Waals surface area contributed by atoms with E-state index in [1.807, 2.05) is 0 Å². The van der Waals surface area contributed by atoms with Gasteiger partial charge < -0.3 is 14.2 Å². The van der Waals surface area contributed by atoms with Crippen LogP contribution in [0.15, 0.2) is 85.1 Å². The van der Waals surface area contributed by atoms with Crippen LogP contribution < -0.4 is 0 Å². The largest absolute Gasteiger partial charge is 0.462 e. The number of ether oxygens (including phenoxy) is 3. The van der Waals surface area contributed by atoms with Gasteiger partial charge in [0.15, 0.2) is 6.10 Å². The third-order valence-electron chi connectivity index (χ3n) is 9.90. The number of carbonyl (C=O) groups is 2. The highest BCUT2D eigenvalue weighted by Crippen LogP contribution is 2.13. The Hall–Kier alpha value is -2.92. The molecular weight excluding hydrogens is 717 g/mol. The summed E-state index contributed by atoms with van der Waals surface area (Å²) in [6, 6.07) is 0. The average molecular weight is 807 g/mol. The summed E-state index contributed by atoms with van der Waals surface area (Å²) in [5.41, 5.74) is 0. The topological polar surface area (TPSA) is 61.8 Å². The number of rotatable bonds is 43. The number of esters is 2. The Balaban J connectivity index is 4.31. The maximum atomic E-state index is 12.7. The molecule has 0 radical (unpaired) electrons. The Bertz CT molecular complexity index is 1090. The molecule has 58 heavy (non-hydrogen) atoms. The van der Waals surface area contributed by atoms with Gasteiger partial charge in [-0.05, 0) is 103 Å². The van der Waals surface area contributed by atoms with Gasteiger partial charge in [0.25, 0.3) is 0 Å². The summed E-state index contributed by atoms with van der Waals surface area (Å²) in [5, 5.41) is 0. The molecule has 0 bridgehead atoms. The van der Waals surface area contributed by atoms with Crippen LogP contribution in [0.25, 0.3) is 0 Å². The van der Waals surface area contributed by atoms with E-state index in [1.165, 1.54) is 70.6 Å². The molecular formula is C53H90O5. The molecule has 0 aromatic heterocycles. The van der Waals surface area contributed by atoms with Crippen LogP contribution in [0.5, 0.6) is 0 Å². The van der Waals surface area contributed by atoms with Gasteiger partial charge in [0.05, 0.1) is 6.61 Å². The van der Waals surface area contributed by atoms with E-state index in [4.69, 9.17) is 14.2 Å². The van der Waals surface area contributed by atoms with E-state index in [9.17, 15) is 9.59 Å². The maximum Gasteiger partial charge on any atom is 0.306 e. The fourth-order valence-electron chi connectivity index (χ4n) is 6.34. The lowest BCUT2D eigenvalue weighted by atomic mass is 10.1. The maximum absolute atomic E-state index is 12.7. The third kappa shape index (κ3) is 45.8. The molecule has 0 saturated carbocycles. The van der Waals surface area contributed by atoms with E-state index in [0.717, 1.165) is 109 Å². The summed E-state index contributed by atoms with van der Waals surface area (Å²) in [5.74, 6) is -0.439. The molecule has 1 atom stereocenters. The van der Waals surface area contributed by atoms with E-state index in [2.05, 4.69) is 106 Å². The normalized spacial score (nSPS) is 12.9. The van der Waals surface area contributed by atoms with Crippen LogP contribution in [0, 0.1) is 0 Å². The Morgan fingerprint density at radius 2 is 0.776 bits per heavy atom. The van der Waals surface area contributed by atoms with Gasteiger partial charge in [-0.15, -0.1) is 0 Å². The molecule has 0 aromatic carbocycles. The minimum atomic E-state index is -0.557. The summed E-state index contributed by atoms with van der Waals surface area (Å²) in [4.78, 5) is 25.3. The fraction of sp³-hybridized carbons (Fsp3) is 0.698. The minimum absolute atomic E-state index is 0.0638. The Morgan fingerprint density at radius 1 is 0.397 bits per heavy atom. The zero-order valence-electron chi connectivity index (χ0n) is 38.0. The van der Waals surface area contributed by atoms with Crippen molar-refractivity contribution in [3.05, 3.63) is 85.1 Å². The standard InChI is InChI=1S/C53H90O5/c1-4-7-10-13-16-19-22-24-26-28-30-33-36-39-42-45-48-56-49-51(58-53(55)47-44-41-38-35-31-21-18-15-12-9-6-3)50-57-52(54)46-43-40-37-34-32-29-27-25-23-20-17-14-11-8-5-2/h7-8,10-11,15-20,24-27,51H,4-6,9,12-14,21-23,28-50H2,1-3H3/b10-7-,11-8-,18-15-,19-16-,20-17-,26-24-,27-25-. The molecule has 0 aromatic rings. The molecule has 0 amide bonds. The molecule has 0 aliphatic carbocycles. The Morgan fingerprint density at radius 3 is 1.26 bits per heavy atom. The molecule has 332 valence electrons. The Kier molecular flexibility index (Phi) is 46.0. The molecule has 0 spiro atoms. The van der Waals surface area contributed by atoms with Gasteiger partial charge in [-0.1, -0.05) is 183 Å². The van der Waals surface area contributed by atoms with Crippen molar-refractivity contribution in [3.63, 3.8) is 0 Å². The second kappa shape index (κ2) is 48.4. The molecule has 0 heterocycles. The second-order valence-corrected chi connectivity index (χ2v) is 15.6. The third-order valence-corrected chi connectivity index (χ3v) is 9.90. The molecule has 1 unspecified atom stereocenters. The van der Waals surface area contributed by atoms with Gasteiger partial charge in [-0.2, -0.15) is 0 Å². The van der Waals surface area contributed by atoms with Crippen LogP contribution in [-0.2, 0) is 23.8 Å². The van der Waals surface area contributed by atoms with Crippen molar-refractivity contribution in [1.82, 2.24) is 0 Å². The van der Waals surface area contributed by atoms with Crippen LogP contribution in [0.1, 0.15) is 213 Å². The van der Waals surface area contributed by atoms with E-state index in [1.54, 1.807) is 0 Å². The first-order valence-corrected chi connectivity index (χ1v) is 24.1. The predicted octanol–water partition coefficient (Wildman–Crippen LogP) is 16.1. The molecule has 0 rings (SSSR count). The van der Waals surface area contributed by atoms with E-state index < -0.39 is 6.10 Å². The average Bonchev–Trinajstić information content (AvgIpc) is 3.22. The number of hydrogen-bond acceptors (Lipinski definition) is 5. The quantitative estimate of drug-likeness (QED) is 0.0349. The van der Waals surface area contributed by atoms with Gasteiger partial charge in [0.2, 0.25) is 0 Å². The van der Waals surface area contributed by atoms with Crippen LogP contribution in [-0.4, -0.2) is 37.9 Å². The lowest BCUT2D eigenvalue weighted by Gasteiger charge is -2.18. The zero-order chi connectivity index (χ0) is 42.1. The summed E-state index contributed by atoms with van der Waals surface area (Å²) < 4.78 is 17.3. The SMILES string of the molecule is CC/C=C\C/C=C\C/C=C\CCCCCCCCOCC(COC(=O)CCCCCCC/C=C\C/C=C\C/C=C\CC)OC(=O)CCCCCCC/C=C\CCCC. The highest BCUT2D eigenvalue weighted by Gasteiger charge is 2.17. The molecule has 0 fully saturated rings. The van der Waals surface area contributed by atoms with Crippen LogP contribution in [0.3, 0.4) is 0 Å². The van der Waals surface area contributed by atoms with Gasteiger partial charge in [0, 0.05) is 19.4 Å². The number of unbranched alkanes of at least 4 members (excludes halogenated alkanes) is 18. The first kappa shape index (κ1) is 55.1. The van der Waals surface area contributed by atoms with E-state index >= 15 is 0 Å². The van der Waals surface area contributed by atoms with Gasteiger partial charge in [0.1, 0.15) is 6.61 Å². The van der Waals surface area contributed by atoms with Crippen molar-refractivity contribution in [3.8, 4) is 0 Å². The summed E-state index contributed by atoms with van der Waals surface area (Å²) in [6.07, 6.45) is 63.0. The summed E-state index contributed by atoms with van der Waals surface area (Å²) in [6.45, 7) is 7.51. The van der Waals surface area contributed by atoms with Crippen molar-refractivity contribution in [2.75, 3.05) is 19.8 Å². The van der Waals surface area contributed by atoms with Gasteiger partial charge in [-0.3, -0.25) is 9.59 Å². The van der Waals surface area contributed by atoms with Gasteiger partial charge in [-0.25, -0.2) is 0 Å². The molecule has 0 aliphatic heterocycles. The number of hydrogen-bond donors (Lipinski definition) is 0. The minimum Gasteiger partial charge on any atom is -0.462 e. The second-order valence-electron chi connectivity index (χ2n) is 15.6. The number of carbonyl (C=O) groups excluding carboxylic acids is 2. The highest BCUT2D eigenvalue weighted by molar-refractivity contribution is 5.70. The first-order chi connectivity index (χ1) is 28.6.